The lowest BCUT2D eigenvalue weighted by Gasteiger charge is -2.06. The fourth-order valence-electron chi connectivity index (χ4n) is 2.45. The summed E-state index contributed by atoms with van der Waals surface area (Å²) in [7, 11) is 0. The van der Waals surface area contributed by atoms with Crippen LogP contribution in [0.25, 0.3) is 5.65 Å². The smallest absolute Gasteiger partial charge is 0.307 e. The standard InChI is InChI=1S/C17H14Cl2N4O4/c18-11-7-13(19)17-21-12(9-22(17)8-11)10-27-16(24)5-6-20-14-3-1-2-4-15(14)23(25)26/h1-4,7-9,20H,5-6,10H2. The number of imidazole rings is 1. The molecule has 140 valence electrons. The van der Waals surface area contributed by atoms with Crippen molar-refractivity contribution in [1.29, 1.82) is 0 Å². The molecular weight excluding hydrogens is 395 g/mol. The quantitative estimate of drug-likeness (QED) is 0.359. The highest BCUT2D eigenvalue weighted by Crippen LogP contribution is 2.23. The summed E-state index contributed by atoms with van der Waals surface area (Å²) >= 11 is 12.0. The van der Waals surface area contributed by atoms with Gasteiger partial charge >= 0.3 is 5.97 Å². The van der Waals surface area contributed by atoms with Crippen LogP contribution in [-0.2, 0) is 16.1 Å². The minimum absolute atomic E-state index is 0.0139. The number of esters is 1. The number of para-hydroxylation sites is 2. The normalized spacial score (nSPS) is 10.7. The van der Waals surface area contributed by atoms with Crippen molar-refractivity contribution >= 4 is 46.2 Å². The number of aromatic nitrogens is 2. The number of fused-ring (bicyclic) bond motifs is 1. The second-order valence-corrected chi connectivity index (χ2v) is 6.42. The second-order valence-electron chi connectivity index (χ2n) is 5.58. The molecule has 0 aliphatic rings. The fourth-order valence-corrected chi connectivity index (χ4v) is 2.98. The van der Waals surface area contributed by atoms with E-state index in [1.165, 1.54) is 6.07 Å². The first-order chi connectivity index (χ1) is 12.9. The Morgan fingerprint density at radius 1 is 1.30 bits per heavy atom. The third kappa shape index (κ3) is 4.66. The van der Waals surface area contributed by atoms with E-state index in [-0.39, 0.29) is 25.3 Å². The van der Waals surface area contributed by atoms with Gasteiger partial charge in [0.2, 0.25) is 0 Å². The molecule has 0 saturated carbocycles. The van der Waals surface area contributed by atoms with Crippen LogP contribution >= 0.6 is 23.2 Å². The maximum atomic E-state index is 11.9. The minimum atomic E-state index is -0.485. The Labute approximate surface area is 163 Å². The van der Waals surface area contributed by atoms with Crippen molar-refractivity contribution < 1.29 is 14.5 Å². The first-order valence-corrected chi connectivity index (χ1v) is 8.65. The lowest BCUT2D eigenvalue weighted by molar-refractivity contribution is -0.384. The molecule has 0 aliphatic carbocycles. The van der Waals surface area contributed by atoms with Crippen LogP contribution < -0.4 is 5.32 Å². The molecule has 0 fully saturated rings. The SMILES string of the molecule is O=C(CCNc1ccccc1[N+](=O)[O-])OCc1cn2cc(Cl)cc(Cl)c2n1. The van der Waals surface area contributed by atoms with Gasteiger partial charge in [-0.25, -0.2) is 4.98 Å². The zero-order chi connectivity index (χ0) is 19.4. The molecule has 10 heteroatoms. The predicted octanol–water partition coefficient (Wildman–Crippen LogP) is 4.09. The van der Waals surface area contributed by atoms with Crippen molar-refractivity contribution in [3.05, 3.63) is 68.6 Å². The molecule has 3 aromatic rings. The minimum Gasteiger partial charge on any atom is -0.459 e. The number of hydrogen-bond acceptors (Lipinski definition) is 6. The van der Waals surface area contributed by atoms with Crippen LogP contribution in [0, 0.1) is 10.1 Å². The van der Waals surface area contributed by atoms with Gasteiger partial charge in [-0.3, -0.25) is 14.9 Å². The third-order valence-electron chi connectivity index (χ3n) is 3.65. The van der Waals surface area contributed by atoms with Crippen molar-refractivity contribution in [3.63, 3.8) is 0 Å². The summed E-state index contributed by atoms with van der Waals surface area (Å²) in [5.41, 5.74) is 1.35. The average Bonchev–Trinajstić information content (AvgIpc) is 3.03. The molecule has 0 unspecified atom stereocenters. The maximum absolute atomic E-state index is 11.9. The summed E-state index contributed by atoms with van der Waals surface area (Å²) in [4.78, 5) is 26.6. The molecule has 2 heterocycles. The zero-order valence-corrected chi connectivity index (χ0v) is 15.4. The molecule has 0 atom stereocenters. The number of ether oxygens (including phenoxy) is 1. The summed E-state index contributed by atoms with van der Waals surface area (Å²) in [6.07, 6.45) is 3.37. The highest BCUT2D eigenvalue weighted by molar-refractivity contribution is 6.36. The van der Waals surface area contributed by atoms with Gasteiger partial charge in [-0.05, 0) is 12.1 Å². The average molecular weight is 409 g/mol. The summed E-state index contributed by atoms with van der Waals surface area (Å²) in [5, 5.41) is 14.7. The molecule has 0 saturated heterocycles. The van der Waals surface area contributed by atoms with E-state index in [1.807, 2.05) is 0 Å². The number of carbonyl (C=O) groups excluding carboxylic acids is 1. The first kappa shape index (κ1) is 18.9. The van der Waals surface area contributed by atoms with Gasteiger partial charge in [0.1, 0.15) is 12.3 Å². The molecule has 0 radical (unpaired) electrons. The van der Waals surface area contributed by atoms with Crippen molar-refractivity contribution in [2.75, 3.05) is 11.9 Å². The van der Waals surface area contributed by atoms with Crippen LogP contribution in [0.4, 0.5) is 11.4 Å². The molecule has 8 nitrogen and oxygen atoms in total. The lowest BCUT2D eigenvalue weighted by atomic mass is 10.2. The second kappa shape index (κ2) is 8.24. The van der Waals surface area contributed by atoms with Crippen LogP contribution in [0.1, 0.15) is 12.1 Å². The number of carbonyl (C=O) groups is 1. The number of hydrogen-bond donors (Lipinski definition) is 1. The van der Waals surface area contributed by atoms with Crippen molar-refractivity contribution in [2.45, 2.75) is 13.0 Å². The van der Waals surface area contributed by atoms with E-state index in [9.17, 15) is 14.9 Å². The molecule has 1 aromatic carbocycles. The summed E-state index contributed by atoms with van der Waals surface area (Å²) in [6.45, 7) is 0.191. The number of nitro groups is 1. The number of pyridine rings is 1. The van der Waals surface area contributed by atoms with Crippen molar-refractivity contribution in [2.24, 2.45) is 0 Å². The van der Waals surface area contributed by atoms with E-state index >= 15 is 0 Å². The summed E-state index contributed by atoms with van der Waals surface area (Å²) < 4.78 is 6.84. The lowest BCUT2D eigenvalue weighted by Crippen LogP contribution is -2.12. The number of anilines is 1. The number of nitrogens with one attached hydrogen (secondary N) is 1. The monoisotopic (exact) mass is 408 g/mol. The number of nitro benzene ring substituents is 1. The van der Waals surface area contributed by atoms with Gasteiger partial charge in [-0.15, -0.1) is 0 Å². The number of nitrogens with zero attached hydrogens (tertiary/aromatic N) is 3. The summed E-state index contributed by atoms with van der Waals surface area (Å²) in [6, 6.07) is 7.80. The molecule has 0 spiro atoms. The molecule has 3 rings (SSSR count). The highest BCUT2D eigenvalue weighted by Gasteiger charge is 2.13. The van der Waals surface area contributed by atoms with Gasteiger partial charge in [0.15, 0.2) is 5.65 Å². The van der Waals surface area contributed by atoms with Crippen LogP contribution in [0.2, 0.25) is 10.0 Å². The molecule has 27 heavy (non-hydrogen) atoms. The predicted molar refractivity (Wildman–Crippen MR) is 101 cm³/mol. The van der Waals surface area contributed by atoms with Gasteiger partial charge in [0.25, 0.3) is 5.69 Å². The van der Waals surface area contributed by atoms with E-state index in [0.29, 0.717) is 27.1 Å². The van der Waals surface area contributed by atoms with E-state index < -0.39 is 10.9 Å². The maximum Gasteiger partial charge on any atom is 0.307 e. The van der Waals surface area contributed by atoms with Crippen LogP contribution in [0.15, 0.2) is 42.7 Å². The molecule has 0 bridgehead atoms. The molecule has 0 amide bonds. The highest BCUT2D eigenvalue weighted by atomic mass is 35.5. The van der Waals surface area contributed by atoms with Gasteiger partial charge in [0.05, 0.1) is 27.1 Å². The van der Waals surface area contributed by atoms with E-state index in [0.717, 1.165) is 0 Å². The molecule has 1 N–H and O–H groups in total. The van der Waals surface area contributed by atoms with Crippen LogP contribution in [0.5, 0.6) is 0 Å². The van der Waals surface area contributed by atoms with Gasteiger partial charge in [-0.1, -0.05) is 35.3 Å². The Morgan fingerprint density at radius 2 is 2.07 bits per heavy atom. The van der Waals surface area contributed by atoms with E-state index in [1.54, 1.807) is 41.1 Å². The zero-order valence-electron chi connectivity index (χ0n) is 13.9. The Hall–Kier alpha value is -2.84. The molecular formula is C17H14Cl2N4O4. The van der Waals surface area contributed by atoms with Gasteiger partial charge in [-0.2, -0.15) is 0 Å². The Balaban J connectivity index is 1.52. The fraction of sp³-hybridized carbons (Fsp3) is 0.176. The van der Waals surface area contributed by atoms with Gasteiger partial charge < -0.3 is 14.5 Å². The third-order valence-corrected chi connectivity index (χ3v) is 4.13. The van der Waals surface area contributed by atoms with E-state index in [4.69, 9.17) is 27.9 Å². The molecule has 2 aromatic heterocycles. The van der Waals surface area contributed by atoms with Crippen LogP contribution in [0.3, 0.4) is 0 Å². The van der Waals surface area contributed by atoms with Gasteiger partial charge in [0, 0.05) is 25.0 Å². The Kier molecular flexibility index (Phi) is 5.78. The number of benzene rings is 1. The van der Waals surface area contributed by atoms with E-state index in [2.05, 4.69) is 10.3 Å². The topological polar surface area (TPSA) is 98.8 Å². The largest absolute Gasteiger partial charge is 0.459 e. The number of rotatable bonds is 7. The first-order valence-electron chi connectivity index (χ1n) is 7.89. The summed E-state index contributed by atoms with van der Waals surface area (Å²) in [5.74, 6) is -0.456. The Morgan fingerprint density at radius 3 is 2.85 bits per heavy atom. The van der Waals surface area contributed by atoms with Crippen molar-refractivity contribution in [3.8, 4) is 0 Å². The number of halogens is 2. The Bertz CT molecular complexity index is 1010. The van der Waals surface area contributed by atoms with Crippen LogP contribution in [-0.4, -0.2) is 26.8 Å². The molecule has 0 aliphatic heterocycles. The van der Waals surface area contributed by atoms with Crippen molar-refractivity contribution in [1.82, 2.24) is 9.38 Å².